The van der Waals surface area contributed by atoms with Crippen molar-refractivity contribution in [3.8, 4) is 0 Å². The lowest BCUT2D eigenvalue weighted by molar-refractivity contribution is -0.123. The van der Waals surface area contributed by atoms with Crippen LogP contribution in [-0.2, 0) is 11.3 Å². The predicted molar refractivity (Wildman–Crippen MR) is 63.5 cm³/mol. The summed E-state index contributed by atoms with van der Waals surface area (Å²) >= 11 is 0. The van der Waals surface area contributed by atoms with E-state index in [9.17, 15) is 4.79 Å². The first-order valence-corrected chi connectivity index (χ1v) is 6.11. The van der Waals surface area contributed by atoms with E-state index in [2.05, 4.69) is 15.8 Å². The zero-order chi connectivity index (χ0) is 12.3. The number of aryl methyl sites for hydroxylation is 2. The zero-order valence-corrected chi connectivity index (χ0v) is 10.4. The second-order valence-electron chi connectivity index (χ2n) is 4.52. The number of hydrogen-bond acceptors (Lipinski definition) is 4. The molecular formula is C12H19N3O2. The molecule has 0 aromatic carbocycles. The monoisotopic (exact) mass is 237 g/mol. The maximum Gasteiger partial charge on any atom is 0.237 e. The molecule has 5 nitrogen and oxygen atoms in total. The molecule has 1 aromatic rings. The molecule has 0 bridgehead atoms. The zero-order valence-electron chi connectivity index (χ0n) is 10.4. The molecule has 2 rings (SSSR count). The summed E-state index contributed by atoms with van der Waals surface area (Å²) in [6.45, 7) is 5.18. The van der Waals surface area contributed by atoms with Gasteiger partial charge in [-0.15, -0.1) is 0 Å². The van der Waals surface area contributed by atoms with E-state index >= 15 is 0 Å². The average Bonchev–Trinajstić information content (AvgIpc) is 2.67. The van der Waals surface area contributed by atoms with Gasteiger partial charge in [-0.05, 0) is 33.2 Å². The highest BCUT2D eigenvalue weighted by Gasteiger charge is 2.20. The molecule has 1 saturated heterocycles. The summed E-state index contributed by atoms with van der Waals surface area (Å²) in [5, 5.41) is 10.0. The standard InChI is InChI=1S/C12H19N3O2/c1-8-10(9(2)17-15-8)7-14-12(16)11-5-3-4-6-13-11/h11,13H,3-7H2,1-2H3,(H,14,16). The molecule has 0 radical (unpaired) electrons. The summed E-state index contributed by atoms with van der Waals surface area (Å²) in [6, 6.07) is -0.0378. The van der Waals surface area contributed by atoms with Gasteiger partial charge in [0, 0.05) is 12.1 Å². The summed E-state index contributed by atoms with van der Waals surface area (Å²) in [5.74, 6) is 0.851. The normalized spacial score (nSPS) is 20.2. The van der Waals surface area contributed by atoms with Crippen LogP contribution >= 0.6 is 0 Å². The van der Waals surface area contributed by atoms with E-state index in [-0.39, 0.29) is 11.9 Å². The number of piperidine rings is 1. The van der Waals surface area contributed by atoms with E-state index in [1.165, 1.54) is 0 Å². The first-order chi connectivity index (χ1) is 8.18. The minimum absolute atomic E-state index is 0.0378. The van der Waals surface area contributed by atoms with Crippen molar-refractivity contribution >= 4 is 5.91 Å². The minimum Gasteiger partial charge on any atom is -0.361 e. The van der Waals surface area contributed by atoms with Crippen LogP contribution in [0, 0.1) is 13.8 Å². The number of nitrogens with one attached hydrogen (secondary N) is 2. The third-order valence-electron chi connectivity index (χ3n) is 3.25. The van der Waals surface area contributed by atoms with Crippen LogP contribution in [-0.4, -0.2) is 23.7 Å². The Balaban J connectivity index is 1.87. The van der Waals surface area contributed by atoms with E-state index < -0.39 is 0 Å². The van der Waals surface area contributed by atoms with Crippen LogP contribution in [0.15, 0.2) is 4.52 Å². The molecule has 1 aliphatic rings. The highest BCUT2D eigenvalue weighted by molar-refractivity contribution is 5.81. The molecule has 1 unspecified atom stereocenters. The van der Waals surface area contributed by atoms with E-state index in [4.69, 9.17) is 4.52 Å². The Morgan fingerprint density at radius 3 is 2.94 bits per heavy atom. The molecule has 0 spiro atoms. The van der Waals surface area contributed by atoms with Gasteiger partial charge in [-0.1, -0.05) is 11.6 Å². The minimum atomic E-state index is -0.0378. The van der Waals surface area contributed by atoms with Crippen LogP contribution in [0.4, 0.5) is 0 Å². The molecule has 0 aliphatic carbocycles. The maximum absolute atomic E-state index is 11.9. The van der Waals surface area contributed by atoms with E-state index in [0.29, 0.717) is 6.54 Å². The van der Waals surface area contributed by atoms with E-state index in [1.54, 1.807) is 0 Å². The fourth-order valence-corrected chi connectivity index (χ4v) is 2.13. The van der Waals surface area contributed by atoms with Crippen LogP contribution in [0.5, 0.6) is 0 Å². The summed E-state index contributed by atoms with van der Waals surface area (Å²) in [7, 11) is 0. The molecule has 2 heterocycles. The topological polar surface area (TPSA) is 67.2 Å². The molecule has 2 N–H and O–H groups in total. The van der Waals surface area contributed by atoms with Gasteiger partial charge < -0.3 is 15.2 Å². The number of rotatable bonds is 3. The molecule has 1 amide bonds. The van der Waals surface area contributed by atoms with Gasteiger partial charge in [0.2, 0.25) is 5.91 Å². The van der Waals surface area contributed by atoms with Crippen molar-refractivity contribution in [2.45, 2.75) is 45.7 Å². The number of hydrogen-bond donors (Lipinski definition) is 2. The second-order valence-corrected chi connectivity index (χ2v) is 4.52. The Morgan fingerprint density at radius 1 is 1.53 bits per heavy atom. The van der Waals surface area contributed by atoms with Crippen LogP contribution in [0.3, 0.4) is 0 Å². The second kappa shape index (κ2) is 5.31. The number of carbonyl (C=O) groups excluding carboxylic acids is 1. The Labute approximate surface area is 101 Å². The van der Waals surface area contributed by atoms with Gasteiger partial charge >= 0.3 is 0 Å². The number of aromatic nitrogens is 1. The largest absolute Gasteiger partial charge is 0.361 e. The van der Waals surface area contributed by atoms with Crippen molar-refractivity contribution in [2.75, 3.05) is 6.54 Å². The van der Waals surface area contributed by atoms with Crippen LogP contribution in [0.1, 0.15) is 36.3 Å². The van der Waals surface area contributed by atoms with Crippen molar-refractivity contribution in [3.63, 3.8) is 0 Å². The Kier molecular flexibility index (Phi) is 3.78. The van der Waals surface area contributed by atoms with Gasteiger partial charge in [0.15, 0.2) is 0 Å². The van der Waals surface area contributed by atoms with E-state index in [0.717, 1.165) is 42.8 Å². The average molecular weight is 237 g/mol. The van der Waals surface area contributed by atoms with Crippen LogP contribution in [0.2, 0.25) is 0 Å². The molecular weight excluding hydrogens is 218 g/mol. The maximum atomic E-state index is 11.9. The van der Waals surface area contributed by atoms with Crippen molar-refractivity contribution in [1.82, 2.24) is 15.8 Å². The smallest absolute Gasteiger partial charge is 0.237 e. The van der Waals surface area contributed by atoms with Gasteiger partial charge in [-0.25, -0.2) is 0 Å². The first-order valence-electron chi connectivity index (χ1n) is 6.11. The summed E-state index contributed by atoms with van der Waals surface area (Å²) in [6.07, 6.45) is 3.21. The van der Waals surface area contributed by atoms with Crippen LogP contribution < -0.4 is 10.6 Å². The number of amides is 1. The number of nitrogens with zero attached hydrogens (tertiary/aromatic N) is 1. The highest BCUT2D eigenvalue weighted by atomic mass is 16.5. The molecule has 1 fully saturated rings. The quantitative estimate of drug-likeness (QED) is 0.824. The van der Waals surface area contributed by atoms with Gasteiger partial charge in [0.25, 0.3) is 0 Å². The lowest BCUT2D eigenvalue weighted by Crippen LogP contribution is -2.46. The molecule has 1 atom stereocenters. The lowest BCUT2D eigenvalue weighted by atomic mass is 10.0. The fraction of sp³-hybridized carbons (Fsp3) is 0.667. The third-order valence-corrected chi connectivity index (χ3v) is 3.25. The van der Waals surface area contributed by atoms with Crippen molar-refractivity contribution in [2.24, 2.45) is 0 Å². The molecule has 1 aromatic heterocycles. The Bertz CT molecular complexity index is 375. The SMILES string of the molecule is Cc1noc(C)c1CNC(=O)C1CCCCN1. The van der Waals surface area contributed by atoms with Gasteiger partial charge in [-0.3, -0.25) is 4.79 Å². The van der Waals surface area contributed by atoms with Crippen molar-refractivity contribution in [1.29, 1.82) is 0 Å². The summed E-state index contributed by atoms with van der Waals surface area (Å²) < 4.78 is 5.06. The van der Waals surface area contributed by atoms with Crippen molar-refractivity contribution in [3.05, 3.63) is 17.0 Å². The molecule has 94 valence electrons. The van der Waals surface area contributed by atoms with E-state index in [1.807, 2.05) is 13.8 Å². The molecule has 17 heavy (non-hydrogen) atoms. The predicted octanol–water partition coefficient (Wildman–Crippen LogP) is 1.05. The molecule has 0 saturated carbocycles. The summed E-state index contributed by atoms with van der Waals surface area (Å²) in [4.78, 5) is 11.9. The van der Waals surface area contributed by atoms with Gasteiger partial charge in [-0.2, -0.15) is 0 Å². The third kappa shape index (κ3) is 2.85. The van der Waals surface area contributed by atoms with Crippen molar-refractivity contribution < 1.29 is 9.32 Å². The van der Waals surface area contributed by atoms with Gasteiger partial charge in [0.05, 0.1) is 11.7 Å². The summed E-state index contributed by atoms with van der Waals surface area (Å²) in [5.41, 5.74) is 1.83. The first kappa shape index (κ1) is 12.1. The van der Waals surface area contributed by atoms with Gasteiger partial charge in [0.1, 0.15) is 5.76 Å². The number of carbonyl (C=O) groups is 1. The van der Waals surface area contributed by atoms with Crippen LogP contribution in [0.25, 0.3) is 0 Å². The Hall–Kier alpha value is -1.36. The fourth-order valence-electron chi connectivity index (χ4n) is 2.13. The Morgan fingerprint density at radius 2 is 2.35 bits per heavy atom. The molecule has 5 heteroatoms. The molecule has 1 aliphatic heterocycles. The highest BCUT2D eigenvalue weighted by Crippen LogP contribution is 2.12. The lowest BCUT2D eigenvalue weighted by Gasteiger charge is -2.22.